The first-order valence-corrected chi connectivity index (χ1v) is 13.8. The first kappa shape index (κ1) is 27.7. The van der Waals surface area contributed by atoms with E-state index in [1.165, 1.54) is 4.90 Å². The summed E-state index contributed by atoms with van der Waals surface area (Å²) in [6.07, 6.45) is 1.73. The number of hydrogen-bond donors (Lipinski definition) is 0. The maximum absolute atomic E-state index is 13.2. The predicted molar refractivity (Wildman–Crippen MR) is 151 cm³/mol. The molecule has 4 amide bonds. The highest BCUT2D eigenvalue weighted by Gasteiger charge is 2.36. The molecule has 214 valence electrons. The fourth-order valence-electron chi connectivity index (χ4n) is 5.19. The third kappa shape index (κ3) is 6.14. The number of aromatic nitrogens is 1. The number of anilines is 2. The van der Waals surface area contributed by atoms with Crippen LogP contribution < -0.4 is 14.5 Å². The number of rotatable bonds is 6. The molecular formula is C29H38N6O5. The van der Waals surface area contributed by atoms with E-state index in [0.29, 0.717) is 31.4 Å². The van der Waals surface area contributed by atoms with Gasteiger partial charge in [-0.1, -0.05) is 12.1 Å². The van der Waals surface area contributed by atoms with Gasteiger partial charge in [0.15, 0.2) is 0 Å². The summed E-state index contributed by atoms with van der Waals surface area (Å²) in [5, 5.41) is 0. The van der Waals surface area contributed by atoms with Gasteiger partial charge in [0.2, 0.25) is 5.91 Å². The van der Waals surface area contributed by atoms with Gasteiger partial charge in [0.1, 0.15) is 17.2 Å². The van der Waals surface area contributed by atoms with E-state index in [2.05, 4.69) is 14.8 Å². The van der Waals surface area contributed by atoms with Crippen molar-refractivity contribution in [2.45, 2.75) is 45.4 Å². The van der Waals surface area contributed by atoms with Crippen LogP contribution in [0.5, 0.6) is 5.75 Å². The van der Waals surface area contributed by atoms with Crippen LogP contribution in [0.15, 0.2) is 42.6 Å². The molecule has 1 aromatic carbocycles. The molecule has 4 heterocycles. The van der Waals surface area contributed by atoms with Crippen molar-refractivity contribution < 1.29 is 23.9 Å². The third-order valence-corrected chi connectivity index (χ3v) is 7.52. The molecule has 5 rings (SSSR count). The minimum atomic E-state index is -0.486. The van der Waals surface area contributed by atoms with E-state index in [9.17, 15) is 14.4 Å². The highest BCUT2D eigenvalue weighted by atomic mass is 16.6. The Morgan fingerprint density at radius 3 is 2.27 bits per heavy atom. The Hall–Kier alpha value is -3.86. The number of piperazine rings is 1. The van der Waals surface area contributed by atoms with Crippen molar-refractivity contribution in [1.29, 1.82) is 0 Å². The van der Waals surface area contributed by atoms with E-state index in [1.807, 2.05) is 57.2 Å². The summed E-state index contributed by atoms with van der Waals surface area (Å²) in [5.74, 6) is 1.41. The lowest BCUT2D eigenvalue weighted by Crippen LogP contribution is -2.63. The molecule has 3 fully saturated rings. The molecule has 0 atom stereocenters. The van der Waals surface area contributed by atoms with Gasteiger partial charge in [0.25, 0.3) is 0 Å². The number of carbonyl (C=O) groups excluding carboxylic acids is 3. The zero-order valence-electron chi connectivity index (χ0n) is 23.7. The van der Waals surface area contributed by atoms with Gasteiger partial charge in [-0.25, -0.2) is 14.6 Å². The third-order valence-electron chi connectivity index (χ3n) is 7.52. The number of nitrogens with zero attached hydrogens (tertiary/aromatic N) is 6. The topological polar surface area (TPSA) is 98.8 Å². The normalized spacial score (nSPS) is 19.1. The summed E-state index contributed by atoms with van der Waals surface area (Å²) in [5.41, 5.74) is 1.05. The molecule has 40 heavy (non-hydrogen) atoms. The Balaban J connectivity index is 1.12. The maximum Gasteiger partial charge on any atom is 0.410 e. The van der Waals surface area contributed by atoms with Crippen molar-refractivity contribution >= 4 is 29.5 Å². The zero-order chi connectivity index (χ0) is 28.4. The largest absolute Gasteiger partial charge is 0.497 e. The predicted octanol–water partition coefficient (Wildman–Crippen LogP) is 3.19. The molecule has 0 aliphatic carbocycles. The van der Waals surface area contributed by atoms with Crippen LogP contribution in [-0.4, -0.2) is 102 Å². The number of ether oxygens (including phenoxy) is 2. The zero-order valence-corrected chi connectivity index (χ0v) is 23.7. The van der Waals surface area contributed by atoms with Gasteiger partial charge < -0.3 is 19.3 Å². The van der Waals surface area contributed by atoms with Crippen LogP contribution in [0.4, 0.5) is 21.1 Å². The second-order valence-electron chi connectivity index (χ2n) is 11.4. The second kappa shape index (κ2) is 11.3. The van der Waals surface area contributed by atoms with Gasteiger partial charge in [-0.05, 0) is 50.6 Å². The van der Waals surface area contributed by atoms with Crippen molar-refractivity contribution in [3.8, 4) is 5.75 Å². The monoisotopic (exact) mass is 550 g/mol. The summed E-state index contributed by atoms with van der Waals surface area (Å²) < 4.78 is 10.7. The molecule has 0 bridgehead atoms. The second-order valence-corrected chi connectivity index (χ2v) is 11.4. The standard InChI is InChI=1S/C29H38N6O5/c1-29(2,3)40-28(38)32-15-13-31(14-16-32)23-19-33(20-23)25-10-7-22(17-30-25)34-12-11-26(36)35(27(34)37)18-21-5-8-24(39-4)9-6-21/h5-10,17,23H,11-16,18-20H2,1-4H3. The molecule has 2 aromatic rings. The summed E-state index contributed by atoms with van der Waals surface area (Å²) in [4.78, 5) is 52.1. The molecule has 3 saturated heterocycles. The Morgan fingerprint density at radius 2 is 1.68 bits per heavy atom. The van der Waals surface area contributed by atoms with Crippen molar-refractivity contribution in [1.82, 2.24) is 19.7 Å². The summed E-state index contributed by atoms with van der Waals surface area (Å²) in [6.45, 7) is 10.9. The van der Waals surface area contributed by atoms with Crippen molar-refractivity contribution in [3.05, 3.63) is 48.2 Å². The van der Waals surface area contributed by atoms with Gasteiger partial charge in [-0.2, -0.15) is 0 Å². The molecule has 11 heteroatoms. The van der Waals surface area contributed by atoms with Gasteiger partial charge in [0, 0.05) is 58.3 Å². The van der Waals surface area contributed by atoms with Crippen LogP contribution >= 0.6 is 0 Å². The van der Waals surface area contributed by atoms with Crippen molar-refractivity contribution in [3.63, 3.8) is 0 Å². The van der Waals surface area contributed by atoms with Gasteiger partial charge in [-0.15, -0.1) is 0 Å². The SMILES string of the molecule is COc1ccc(CN2C(=O)CCN(c3ccc(N4CC(N5CCN(C(=O)OC(C)(C)C)CC5)C4)nc3)C2=O)cc1. The minimum Gasteiger partial charge on any atom is -0.497 e. The van der Waals surface area contributed by atoms with E-state index in [1.54, 1.807) is 23.1 Å². The molecule has 1 aromatic heterocycles. The van der Waals surface area contributed by atoms with Crippen molar-refractivity contribution in [2.24, 2.45) is 0 Å². The minimum absolute atomic E-state index is 0.180. The number of pyridine rings is 1. The number of carbonyl (C=O) groups is 3. The summed E-state index contributed by atoms with van der Waals surface area (Å²) in [7, 11) is 1.60. The lowest BCUT2D eigenvalue weighted by molar-refractivity contribution is -0.129. The van der Waals surface area contributed by atoms with E-state index >= 15 is 0 Å². The maximum atomic E-state index is 13.2. The van der Waals surface area contributed by atoms with E-state index < -0.39 is 5.60 Å². The van der Waals surface area contributed by atoms with E-state index in [-0.39, 0.29) is 31.0 Å². The summed E-state index contributed by atoms with van der Waals surface area (Å²) in [6, 6.07) is 11.3. The van der Waals surface area contributed by atoms with Crippen LogP contribution in [0.25, 0.3) is 0 Å². The number of urea groups is 1. The molecule has 0 spiro atoms. The Morgan fingerprint density at radius 1 is 0.975 bits per heavy atom. The average Bonchev–Trinajstić information content (AvgIpc) is 2.90. The van der Waals surface area contributed by atoms with Crippen molar-refractivity contribution in [2.75, 3.05) is 62.7 Å². The van der Waals surface area contributed by atoms with Crippen LogP contribution in [0.2, 0.25) is 0 Å². The lowest BCUT2D eigenvalue weighted by atomic mass is 10.1. The smallest absolute Gasteiger partial charge is 0.410 e. The fraction of sp³-hybridized carbons (Fsp3) is 0.517. The first-order valence-electron chi connectivity index (χ1n) is 13.8. The van der Waals surface area contributed by atoms with Gasteiger partial charge in [0.05, 0.1) is 25.5 Å². The van der Waals surface area contributed by atoms with Crippen LogP contribution in [0.3, 0.4) is 0 Å². The molecule has 0 unspecified atom stereocenters. The highest BCUT2D eigenvalue weighted by Crippen LogP contribution is 2.27. The molecule has 0 radical (unpaired) electrons. The number of amides is 4. The van der Waals surface area contributed by atoms with Crippen LogP contribution in [0.1, 0.15) is 32.8 Å². The Kier molecular flexibility index (Phi) is 7.84. The number of hydrogen-bond acceptors (Lipinski definition) is 8. The first-order chi connectivity index (χ1) is 19.1. The highest BCUT2D eigenvalue weighted by molar-refractivity contribution is 6.05. The molecule has 11 nitrogen and oxygen atoms in total. The average molecular weight is 551 g/mol. The molecule has 3 aliphatic rings. The molecular weight excluding hydrogens is 512 g/mol. The fourth-order valence-corrected chi connectivity index (χ4v) is 5.19. The van der Waals surface area contributed by atoms with E-state index in [4.69, 9.17) is 9.47 Å². The molecule has 0 N–H and O–H groups in total. The Bertz CT molecular complexity index is 1210. The lowest BCUT2D eigenvalue weighted by Gasteiger charge is -2.48. The number of methoxy groups -OCH3 is 1. The molecule has 3 aliphatic heterocycles. The van der Waals surface area contributed by atoms with Crippen LogP contribution in [0, 0.1) is 0 Å². The number of benzene rings is 1. The molecule has 0 saturated carbocycles. The van der Waals surface area contributed by atoms with Gasteiger partial charge >= 0.3 is 12.1 Å². The number of imide groups is 1. The summed E-state index contributed by atoms with van der Waals surface area (Å²) >= 11 is 0. The quantitative estimate of drug-likeness (QED) is 0.541. The Labute approximate surface area is 235 Å². The van der Waals surface area contributed by atoms with E-state index in [0.717, 1.165) is 43.3 Å². The van der Waals surface area contributed by atoms with Crippen LogP contribution in [-0.2, 0) is 16.1 Å². The van der Waals surface area contributed by atoms with Gasteiger partial charge in [-0.3, -0.25) is 19.5 Å².